The third kappa shape index (κ3) is 7.24. The monoisotopic (exact) mass is 563 g/mol. The minimum atomic E-state index is -4.35. The van der Waals surface area contributed by atoms with Crippen LogP contribution in [0.1, 0.15) is 31.9 Å². The van der Waals surface area contributed by atoms with Gasteiger partial charge in [-0.1, -0.05) is 19.9 Å². The van der Waals surface area contributed by atoms with Gasteiger partial charge < -0.3 is 15.0 Å². The summed E-state index contributed by atoms with van der Waals surface area (Å²) in [6.07, 6.45) is 1.01. The van der Waals surface area contributed by atoms with E-state index in [9.17, 15) is 18.0 Å². The number of alkyl halides is 3. The van der Waals surface area contributed by atoms with E-state index in [0.717, 1.165) is 29.0 Å². The summed E-state index contributed by atoms with van der Waals surface area (Å²) in [6, 6.07) is 14.3. The maximum absolute atomic E-state index is 12.8. The van der Waals surface area contributed by atoms with E-state index in [1.165, 1.54) is 12.1 Å². The summed E-state index contributed by atoms with van der Waals surface area (Å²) in [5.41, 5.74) is 2.91. The average molecular weight is 564 g/mol. The highest BCUT2D eigenvalue weighted by atomic mass is 19.4. The molecule has 0 radical (unpaired) electrons. The van der Waals surface area contributed by atoms with Crippen LogP contribution in [-0.2, 0) is 15.7 Å². The Hall–Kier alpha value is -4.36. The second-order valence-corrected chi connectivity index (χ2v) is 9.53. The Labute approximate surface area is 237 Å². The third-order valence-corrected chi connectivity index (χ3v) is 6.79. The van der Waals surface area contributed by atoms with Gasteiger partial charge in [-0.15, -0.1) is 0 Å². The summed E-state index contributed by atoms with van der Waals surface area (Å²) in [4.78, 5) is 21.3. The number of nitrogens with one attached hydrogen (secondary N) is 1. The maximum atomic E-state index is 12.8. The van der Waals surface area contributed by atoms with Gasteiger partial charge in [0.1, 0.15) is 11.8 Å². The molecule has 1 saturated heterocycles. The standard InChI is InChI=1S/C29H26F3N5O2.C2H6/c1-19-16-20(17-33)2-11-25-27(19)39-28(35-25)21-3-7-23(8-4-21)34-26(38)18-36-12-14-37(15-13-36)24-9-5-22(6-10-24)29(30,31)32;1-2/h2-11,16,25H,12-15,18H2,1H3,(H,34,38);1-2H3. The first kappa shape index (κ1) is 29.6. The van der Waals surface area contributed by atoms with E-state index < -0.39 is 11.7 Å². The Morgan fingerprint density at radius 1 is 1.07 bits per heavy atom. The minimum Gasteiger partial charge on any atom is -0.440 e. The molecule has 1 N–H and O–H groups in total. The number of rotatable bonds is 5. The highest BCUT2D eigenvalue weighted by molar-refractivity contribution is 5.98. The number of nitriles is 1. The SMILES string of the molecule is CC.CC1=C2OC(c3ccc(NC(=O)CN4CCN(c5ccc(C(F)(F)F)cc5)CC4)cc3)=NC2C=CC(C#N)=C1. The average Bonchev–Trinajstić information content (AvgIpc) is 3.35. The molecule has 0 aromatic heterocycles. The van der Waals surface area contributed by atoms with Crippen LogP contribution in [0.5, 0.6) is 0 Å². The molecule has 1 unspecified atom stereocenters. The number of ether oxygens (including phenoxy) is 1. The molecule has 2 heterocycles. The van der Waals surface area contributed by atoms with Crippen molar-refractivity contribution < 1.29 is 22.7 Å². The largest absolute Gasteiger partial charge is 0.440 e. The molecule has 2 aliphatic heterocycles. The lowest BCUT2D eigenvalue weighted by atomic mass is 10.1. The normalized spacial score (nSPS) is 18.7. The van der Waals surface area contributed by atoms with Crippen molar-refractivity contribution in [1.82, 2.24) is 4.90 Å². The quantitative estimate of drug-likeness (QED) is 0.488. The van der Waals surface area contributed by atoms with Gasteiger partial charge in [0.15, 0.2) is 0 Å². The molecule has 1 fully saturated rings. The van der Waals surface area contributed by atoms with Crippen molar-refractivity contribution in [2.45, 2.75) is 33.0 Å². The first-order valence-electron chi connectivity index (χ1n) is 13.5. The van der Waals surface area contributed by atoms with Crippen LogP contribution in [0.2, 0.25) is 0 Å². The number of hydrogen-bond acceptors (Lipinski definition) is 6. The Kier molecular flexibility index (Phi) is 9.30. The highest BCUT2D eigenvalue weighted by Gasteiger charge is 2.30. The van der Waals surface area contributed by atoms with Gasteiger partial charge in [-0.05, 0) is 73.2 Å². The fourth-order valence-corrected chi connectivity index (χ4v) is 4.70. The smallest absolute Gasteiger partial charge is 0.416 e. The van der Waals surface area contributed by atoms with Gasteiger partial charge in [0.05, 0.1) is 23.8 Å². The second-order valence-electron chi connectivity index (χ2n) is 9.53. The predicted octanol–water partition coefficient (Wildman–Crippen LogP) is 5.93. The summed E-state index contributed by atoms with van der Waals surface area (Å²) in [6.45, 7) is 8.60. The van der Waals surface area contributed by atoms with E-state index in [2.05, 4.69) is 16.4 Å². The number of allylic oxidation sites excluding steroid dienone is 4. The van der Waals surface area contributed by atoms with Gasteiger partial charge in [-0.2, -0.15) is 18.4 Å². The lowest BCUT2D eigenvalue weighted by molar-refractivity contribution is -0.137. The molecule has 1 aliphatic carbocycles. The summed E-state index contributed by atoms with van der Waals surface area (Å²) in [5, 5.41) is 12.1. The summed E-state index contributed by atoms with van der Waals surface area (Å²) in [7, 11) is 0. The van der Waals surface area contributed by atoms with Crippen molar-refractivity contribution in [2.24, 2.45) is 4.99 Å². The van der Waals surface area contributed by atoms with Gasteiger partial charge >= 0.3 is 6.18 Å². The zero-order valence-corrected chi connectivity index (χ0v) is 23.2. The number of piperazine rings is 1. The molecular formula is C31H32F3N5O2. The van der Waals surface area contributed by atoms with E-state index >= 15 is 0 Å². The van der Waals surface area contributed by atoms with Crippen LogP contribution in [0.3, 0.4) is 0 Å². The molecule has 2 aromatic carbocycles. The number of hydrogen-bond donors (Lipinski definition) is 1. The molecule has 1 amide bonds. The fraction of sp³-hybridized carbons (Fsp3) is 0.323. The Bertz CT molecular complexity index is 1410. The minimum absolute atomic E-state index is 0.145. The summed E-state index contributed by atoms with van der Waals surface area (Å²) < 4.78 is 44.4. The third-order valence-electron chi connectivity index (χ3n) is 6.79. The van der Waals surface area contributed by atoms with Crippen LogP contribution < -0.4 is 10.2 Å². The molecule has 0 saturated carbocycles. The number of carbonyl (C=O) groups excluding carboxylic acids is 1. The van der Waals surface area contributed by atoms with Crippen LogP contribution in [0.15, 0.2) is 88.7 Å². The van der Waals surface area contributed by atoms with E-state index in [0.29, 0.717) is 49.1 Å². The van der Waals surface area contributed by atoms with Crippen molar-refractivity contribution in [3.05, 3.63) is 94.8 Å². The van der Waals surface area contributed by atoms with Crippen molar-refractivity contribution in [2.75, 3.05) is 42.9 Å². The van der Waals surface area contributed by atoms with Crippen molar-refractivity contribution in [3.63, 3.8) is 0 Å². The Balaban J connectivity index is 0.00000189. The Morgan fingerprint density at radius 3 is 2.34 bits per heavy atom. The fourth-order valence-electron chi connectivity index (χ4n) is 4.70. The first-order valence-corrected chi connectivity index (χ1v) is 13.5. The summed E-state index contributed by atoms with van der Waals surface area (Å²) >= 11 is 0. The molecule has 41 heavy (non-hydrogen) atoms. The van der Waals surface area contributed by atoms with Gasteiger partial charge in [-0.3, -0.25) is 9.69 Å². The van der Waals surface area contributed by atoms with Crippen LogP contribution in [0.25, 0.3) is 0 Å². The molecule has 3 aliphatic rings. The molecule has 10 heteroatoms. The number of nitrogens with zero attached hydrogens (tertiary/aromatic N) is 4. The van der Waals surface area contributed by atoms with Crippen LogP contribution in [0.4, 0.5) is 24.5 Å². The van der Waals surface area contributed by atoms with Gasteiger partial charge in [0.25, 0.3) is 0 Å². The summed E-state index contributed by atoms with van der Waals surface area (Å²) in [5.74, 6) is 1.03. The molecule has 214 valence electrons. The van der Waals surface area contributed by atoms with E-state index in [1.807, 2.05) is 48.8 Å². The highest BCUT2D eigenvalue weighted by Crippen LogP contribution is 2.31. The van der Waals surface area contributed by atoms with Crippen LogP contribution in [-0.4, -0.2) is 55.5 Å². The zero-order valence-electron chi connectivity index (χ0n) is 23.2. The topological polar surface area (TPSA) is 81.0 Å². The number of carbonyl (C=O) groups is 1. The van der Waals surface area contributed by atoms with Crippen LogP contribution in [0, 0.1) is 11.3 Å². The molecule has 0 spiro atoms. The number of halogens is 3. The van der Waals surface area contributed by atoms with Gasteiger partial charge in [-0.25, -0.2) is 4.99 Å². The maximum Gasteiger partial charge on any atom is 0.416 e. The van der Waals surface area contributed by atoms with E-state index in [-0.39, 0.29) is 18.5 Å². The lowest BCUT2D eigenvalue weighted by Crippen LogP contribution is -2.48. The van der Waals surface area contributed by atoms with E-state index in [1.54, 1.807) is 24.3 Å². The van der Waals surface area contributed by atoms with E-state index in [4.69, 9.17) is 10.00 Å². The molecule has 5 rings (SSSR count). The lowest BCUT2D eigenvalue weighted by Gasteiger charge is -2.35. The molecule has 1 atom stereocenters. The van der Waals surface area contributed by atoms with Crippen molar-refractivity contribution in [3.8, 4) is 6.07 Å². The van der Waals surface area contributed by atoms with Gasteiger partial charge in [0, 0.05) is 43.1 Å². The molecule has 7 nitrogen and oxygen atoms in total. The zero-order chi connectivity index (χ0) is 29.6. The van der Waals surface area contributed by atoms with Crippen LogP contribution >= 0.6 is 0 Å². The number of anilines is 2. The number of fused-ring (bicyclic) bond motifs is 1. The predicted molar refractivity (Wildman–Crippen MR) is 153 cm³/mol. The molecule has 0 bridgehead atoms. The Morgan fingerprint density at radius 2 is 1.73 bits per heavy atom. The van der Waals surface area contributed by atoms with Crippen molar-refractivity contribution in [1.29, 1.82) is 5.26 Å². The van der Waals surface area contributed by atoms with Gasteiger partial charge in [0.2, 0.25) is 11.8 Å². The number of aliphatic imine (C=N–C) groups is 1. The van der Waals surface area contributed by atoms with Crippen molar-refractivity contribution >= 4 is 23.2 Å². The number of amides is 1. The number of benzene rings is 2. The second kappa shape index (κ2) is 12.9. The first-order chi connectivity index (χ1) is 19.7. The molecule has 2 aromatic rings. The molecular weight excluding hydrogens is 531 g/mol.